The first-order valence-electron chi connectivity index (χ1n) is 10.2. The summed E-state index contributed by atoms with van der Waals surface area (Å²) < 4.78 is 2.30. The number of likely N-dealkylation sites (tertiary alicyclic amines) is 1. The van der Waals surface area contributed by atoms with Gasteiger partial charge in [0, 0.05) is 44.1 Å². The molecule has 0 unspecified atom stereocenters. The van der Waals surface area contributed by atoms with Crippen molar-refractivity contribution in [1.82, 2.24) is 24.3 Å². The maximum Gasteiger partial charge on any atom is 0.274 e. The van der Waals surface area contributed by atoms with Crippen molar-refractivity contribution in [3.63, 3.8) is 0 Å². The Morgan fingerprint density at radius 1 is 1.04 bits per heavy atom. The molecule has 2 fully saturated rings. The fourth-order valence-electron chi connectivity index (χ4n) is 4.48. The van der Waals surface area contributed by atoms with E-state index in [4.69, 9.17) is 0 Å². The Bertz CT molecular complexity index is 817. The first kappa shape index (κ1) is 18.9. The van der Waals surface area contributed by atoms with Crippen LogP contribution in [0.1, 0.15) is 40.9 Å². The second kappa shape index (κ2) is 7.91. The van der Waals surface area contributed by atoms with Crippen LogP contribution >= 0.6 is 0 Å². The molecule has 0 aromatic carbocycles. The van der Waals surface area contributed by atoms with Crippen LogP contribution in [0.25, 0.3) is 0 Å². The lowest BCUT2D eigenvalue weighted by atomic mass is 10.0. The summed E-state index contributed by atoms with van der Waals surface area (Å²) in [6.45, 7) is 9.29. The molecule has 0 N–H and O–H groups in total. The van der Waals surface area contributed by atoms with Gasteiger partial charge in [-0.3, -0.25) is 4.79 Å². The van der Waals surface area contributed by atoms with Crippen LogP contribution in [0.5, 0.6) is 0 Å². The van der Waals surface area contributed by atoms with Crippen LogP contribution in [0, 0.1) is 13.8 Å². The van der Waals surface area contributed by atoms with E-state index in [1.165, 1.54) is 0 Å². The maximum absolute atomic E-state index is 13.2. The molecule has 0 bridgehead atoms. The third kappa shape index (κ3) is 3.63. The molecule has 4 heterocycles. The van der Waals surface area contributed by atoms with E-state index in [2.05, 4.69) is 38.3 Å². The van der Waals surface area contributed by atoms with Crippen LogP contribution in [0.4, 0.5) is 5.82 Å². The van der Waals surface area contributed by atoms with Crippen molar-refractivity contribution in [2.75, 3.05) is 51.2 Å². The standard InChI is InChI=1S/C21H30N6O/c1-16-20(23-17(2)27(16)18-7-10-24(3)11-8-18)21(28)26-14-12-25(13-15-26)19-6-4-5-9-22-19/h4-6,9,18H,7-8,10-15H2,1-3H3. The van der Waals surface area contributed by atoms with Crippen molar-refractivity contribution in [1.29, 1.82) is 0 Å². The topological polar surface area (TPSA) is 57.5 Å². The maximum atomic E-state index is 13.2. The molecular formula is C21H30N6O. The SMILES string of the molecule is Cc1nc(C(=O)N2CCN(c3ccccn3)CC2)c(C)n1C1CCN(C)CC1. The molecule has 2 saturated heterocycles. The van der Waals surface area contributed by atoms with Gasteiger partial charge in [0.05, 0.1) is 0 Å². The fraction of sp³-hybridized carbons (Fsp3) is 0.571. The first-order valence-corrected chi connectivity index (χ1v) is 10.2. The molecule has 0 atom stereocenters. The van der Waals surface area contributed by atoms with Gasteiger partial charge in [-0.1, -0.05) is 6.07 Å². The highest BCUT2D eigenvalue weighted by atomic mass is 16.2. The van der Waals surface area contributed by atoms with Crippen LogP contribution in [0.3, 0.4) is 0 Å². The van der Waals surface area contributed by atoms with Crippen molar-refractivity contribution in [2.24, 2.45) is 0 Å². The van der Waals surface area contributed by atoms with E-state index in [0.717, 1.165) is 56.4 Å². The Labute approximate surface area is 167 Å². The highest BCUT2D eigenvalue weighted by Crippen LogP contribution is 2.27. The van der Waals surface area contributed by atoms with Gasteiger partial charge in [0.25, 0.3) is 5.91 Å². The molecule has 7 nitrogen and oxygen atoms in total. The Hall–Kier alpha value is -2.41. The number of carbonyl (C=O) groups is 1. The van der Waals surface area contributed by atoms with Gasteiger partial charge in [-0.2, -0.15) is 0 Å². The van der Waals surface area contributed by atoms with Crippen molar-refractivity contribution < 1.29 is 4.79 Å². The largest absolute Gasteiger partial charge is 0.353 e. The Balaban J connectivity index is 1.45. The minimum absolute atomic E-state index is 0.0629. The average Bonchev–Trinajstić information content (AvgIpc) is 3.03. The molecule has 0 saturated carbocycles. The zero-order valence-electron chi connectivity index (χ0n) is 17.1. The highest BCUT2D eigenvalue weighted by Gasteiger charge is 2.29. The third-order valence-corrected chi connectivity index (χ3v) is 6.12. The third-order valence-electron chi connectivity index (χ3n) is 6.12. The predicted molar refractivity (Wildman–Crippen MR) is 110 cm³/mol. The number of rotatable bonds is 3. The number of carbonyl (C=O) groups excluding carboxylic acids is 1. The van der Waals surface area contributed by atoms with Crippen molar-refractivity contribution in [3.8, 4) is 0 Å². The summed E-state index contributed by atoms with van der Waals surface area (Å²) in [5.74, 6) is 2.00. The molecule has 0 spiro atoms. The van der Waals surface area contributed by atoms with E-state index in [0.29, 0.717) is 24.8 Å². The summed E-state index contributed by atoms with van der Waals surface area (Å²) >= 11 is 0. The molecule has 1 amide bonds. The smallest absolute Gasteiger partial charge is 0.274 e. The molecule has 2 aliphatic rings. The number of imidazole rings is 1. The Morgan fingerprint density at radius 2 is 1.75 bits per heavy atom. The fourth-order valence-corrected chi connectivity index (χ4v) is 4.48. The monoisotopic (exact) mass is 382 g/mol. The van der Waals surface area contributed by atoms with Gasteiger partial charge in [-0.15, -0.1) is 0 Å². The van der Waals surface area contributed by atoms with Gasteiger partial charge in [-0.05, 0) is 59.0 Å². The number of pyridine rings is 1. The van der Waals surface area contributed by atoms with Gasteiger partial charge in [-0.25, -0.2) is 9.97 Å². The summed E-state index contributed by atoms with van der Waals surface area (Å²) in [5.41, 5.74) is 1.65. The zero-order chi connectivity index (χ0) is 19.7. The van der Waals surface area contributed by atoms with Crippen LogP contribution in [0.2, 0.25) is 0 Å². The summed E-state index contributed by atoms with van der Waals surface area (Å²) in [4.78, 5) is 28.8. The summed E-state index contributed by atoms with van der Waals surface area (Å²) in [7, 11) is 2.17. The molecule has 0 radical (unpaired) electrons. The van der Waals surface area contributed by atoms with Gasteiger partial charge in [0.1, 0.15) is 17.3 Å². The molecule has 28 heavy (non-hydrogen) atoms. The number of nitrogens with zero attached hydrogens (tertiary/aromatic N) is 6. The summed E-state index contributed by atoms with van der Waals surface area (Å²) in [6, 6.07) is 6.40. The molecular weight excluding hydrogens is 352 g/mol. The molecule has 2 aliphatic heterocycles. The van der Waals surface area contributed by atoms with Gasteiger partial charge < -0.3 is 19.3 Å². The highest BCUT2D eigenvalue weighted by molar-refractivity contribution is 5.93. The van der Waals surface area contributed by atoms with E-state index in [9.17, 15) is 4.79 Å². The zero-order valence-corrected chi connectivity index (χ0v) is 17.1. The van der Waals surface area contributed by atoms with Crippen LogP contribution in [0.15, 0.2) is 24.4 Å². The van der Waals surface area contributed by atoms with Crippen molar-refractivity contribution in [3.05, 3.63) is 41.6 Å². The van der Waals surface area contributed by atoms with E-state index < -0.39 is 0 Å². The van der Waals surface area contributed by atoms with E-state index in [1.807, 2.05) is 36.2 Å². The molecule has 2 aromatic rings. The minimum atomic E-state index is 0.0629. The van der Waals surface area contributed by atoms with E-state index in [1.54, 1.807) is 0 Å². The lowest BCUT2D eigenvalue weighted by Crippen LogP contribution is -2.49. The number of aromatic nitrogens is 3. The normalized spacial score (nSPS) is 19.2. The first-order chi connectivity index (χ1) is 13.5. The number of amides is 1. The number of aryl methyl sites for hydroxylation is 1. The summed E-state index contributed by atoms with van der Waals surface area (Å²) in [5, 5.41) is 0. The lowest BCUT2D eigenvalue weighted by Gasteiger charge is -2.35. The van der Waals surface area contributed by atoms with Crippen LogP contribution < -0.4 is 4.90 Å². The molecule has 2 aromatic heterocycles. The van der Waals surface area contributed by atoms with Crippen molar-refractivity contribution >= 4 is 11.7 Å². The summed E-state index contributed by atoms with van der Waals surface area (Å²) in [6.07, 6.45) is 4.05. The quantitative estimate of drug-likeness (QED) is 0.814. The second-order valence-electron chi connectivity index (χ2n) is 7.96. The number of hydrogen-bond donors (Lipinski definition) is 0. The van der Waals surface area contributed by atoms with Crippen LogP contribution in [-0.4, -0.2) is 76.6 Å². The predicted octanol–water partition coefficient (Wildman–Crippen LogP) is 2.12. The Morgan fingerprint density at radius 3 is 2.39 bits per heavy atom. The van der Waals surface area contributed by atoms with Crippen LogP contribution in [-0.2, 0) is 0 Å². The number of piperidine rings is 1. The minimum Gasteiger partial charge on any atom is -0.353 e. The van der Waals surface area contributed by atoms with Gasteiger partial charge in [0.15, 0.2) is 0 Å². The van der Waals surface area contributed by atoms with E-state index in [-0.39, 0.29) is 5.91 Å². The average molecular weight is 383 g/mol. The number of anilines is 1. The number of piperazine rings is 1. The Kier molecular flexibility index (Phi) is 5.35. The van der Waals surface area contributed by atoms with Gasteiger partial charge in [0.2, 0.25) is 0 Å². The van der Waals surface area contributed by atoms with Crippen molar-refractivity contribution in [2.45, 2.75) is 32.7 Å². The van der Waals surface area contributed by atoms with E-state index >= 15 is 0 Å². The molecule has 4 rings (SSSR count). The molecule has 150 valence electrons. The lowest BCUT2D eigenvalue weighted by molar-refractivity contribution is 0.0740. The van der Waals surface area contributed by atoms with Gasteiger partial charge >= 0.3 is 0 Å². The molecule has 7 heteroatoms. The molecule has 0 aliphatic carbocycles. The second-order valence-corrected chi connectivity index (χ2v) is 7.96. The number of hydrogen-bond acceptors (Lipinski definition) is 5.